The van der Waals surface area contributed by atoms with E-state index in [4.69, 9.17) is 4.74 Å². The van der Waals surface area contributed by atoms with Gasteiger partial charge in [0, 0.05) is 31.4 Å². The van der Waals surface area contributed by atoms with E-state index in [9.17, 15) is 4.79 Å². The van der Waals surface area contributed by atoms with Crippen LogP contribution in [-0.4, -0.2) is 43.2 Å². The van der Waals surface area contributed by atoms with Crippen molar-refractivity contribution in [1.82, 2.24) is 15.8 Å². The van der Waals surface area contributed by atoms with E-state index in [0.29, 0.717) is 29.8 Å². The van der Waals surface area contributed by atoms with Crippen molar-refractivity contribution in [3.8, 4) is 0 Å². The average Bonchev–Trinajstić information content (AvgIpc) is 3.39. The molecular formula is C28H34N4O2. The maximum Gasteiger partial charge on any atom is 0.235 e. The van der Waals surface area contributed by atoms with Gasteiger partial charge in [0.2, 0.25) is 5.91 Å². The number of rotatable bonds is 4. The van der Waals surface area contributed by atoms with Crippen LogP contribution < -0.4 is 16.2 Å². The summed E-state index contributed by atoms with van der Waals surface area (Å²) in [5.74, 6) is 1.94. The highest BCUT2D eigenvalue weighted by Gasteiger charge is 2.67. The molecule has 0 radical (unpaired) electrons. The van der Waals surface area contributed by atoms with Crippen LogP contribution in [0, 0.1) is 17.8 Å². The second-order valence-corrected chi connectivity index (χ2v) is 11.0. The van der Waals surface area contributed by atoms with Crippen molar-refractivity contribution in [2.24, 2.45) is 17.8 Å². The number of amides is 1. The quantitative estimate of drug-likeness (QED) is 0.656. The number of para-hydroxylation sites is 1. The number of benzene rings is 2. The summed E-state index contributed by atoms with van der Waals surface area (Å²) in [7, 11) is 0. The van der Waals surface area contributed by atoms with Crippen LogP contribution in [0.25, 0.3) is 0 Å². The third-order valence-corrected chi connectivity index (χ3v) is 9.29. The molecule has 3 heterocycles. The number of nitrogens with one attached hydrogen (secondary N) is 3. The van der Waals surface area contributed by atoms with Crippen LogP contribution in [0.2, 0.25) is 0 Å². The van der Waals surface area contributed by atoms with E-state index < -0.39 is 0 Å². The fourth-order valence-corrected chi connectivity index (χ4v) is 7.40. The normalized spacial score (nSPS) is 36.8. The molecule has 0 bridgehead atoms. The summed E-state index contributed by atoms with van der Waals surface area (Å²) >= 11 is 0. The van der Waals surface area contributed by atoms with Gasteiger partial charge in [-0.25, -0.2) is 5.43 Å². The topological polar surface area (TPSA) is 65.6 Å². The number of hydrogen-bond acceptors (Lipinski definition) is 5. The van der Waals surface area contributed by atoms with E-state index >= 15 is 0 Å². The number of hydrazine groups is 1. The Hall–Kier alpha value is -2.25. The first-order valence-corrected chi connectivity index (χ1v) is 13.0. The molecule has 5 aliphatic rings. The van der Waals surface area contributed by atoms with Gasteiger partial charge >= 0.3 is 0 Å². The van der Waals surface area contributed by atoms with Crippen molar-refractivity contribution >= 4 is 11.6 Å². The Balaban J connectivity index is 1.01. The Morgan fingerprint density at radius 3 is 2.68 bits per heavy atom. The highest BCUT2D eigenvalue weighted by atomic mass is 16.5. The van der Waals surface area contributed by atoms with Gasteiger partial charge in [-0.1, -0.05) is 42.5 Å². The molecule has 6 nitrogen and oxygen atoms in total. The summed E-state index contributed by atoms with van der Waals surface area (Å²) in [6, 6.07) is 18.4. The molecule has 3 aliphatic heterocycles. The number of morpholine rings is 1. The third kappa shape index (κ3) is 3.34. The molecule has 5 unspecified atom stereocenters. The fourth-order valence-electron chi connectivity index (χ4n) is 7.40. The maximum absolute atomic E-state index is 12.9. The molecule has 2 aromatic carbocycles. The van der Waals surface area contributed by atoms with E-state index in [2.05, 4.69) is 57.5 Å². The van der Waals surface area contributed by atoms with Gasteiger partial charge in [0.05, 0.1) is 24.7 Å². The highest BCUT2D eigenvalue weighted by molar-refractivity contribution is 6.08. The lowest BCUT2D eigenvalue weighted by Gasteiger charge is -2.34. The van der Waals surface area contributed by atoms with Crippen molar-refractivity contribution in [3.05, 3.63) is 65.2 Å². The molecule has 1 amide bonds. The first kappa shape index (κ1) is 21.1. The van der Waals surface area contributed by atoms with E-state index in [1.165, 1.54) is 29.5 Å². The minimum Gasteiger partial charge on any atom is -0.379 e. The van der Waals surface area contributed by atoms with Crippen molar-refractivity contribution in [3.63, 3.8) is 0 Å². The number of hydrogen-bond donors (Lipinski definition) is 3. The zero-order chi connectivity index (χ0) is 22.7. The first-order chi connectivity index (χ1) is 16.7. The molecule has 2 aliphatic carbocycles. The molecule has 7 rings (SSSR count). The van der Waals surface area contributed by atoms with Gasteiger partial charge in [-0.2, -0.15) is 0 Å². The third-order valence-electron chi connectivity index (χ3n) is 9.29. The summed E-state index contributed by atoms with van der Waals surface area (Å²) in [5.41, 5.74) is 12.0. The summed E-state index contributed by atoms with van der Waals surface area (Å²) in [6.07, 6.45) is 4.61. The standard InChI is InChI=1S/C28H34N4O2/c33-27-28(22-3-1-2-4-24(22)29-27)16-23(28)20-9-10-21-25(15-20)30-31-26(21)19-7-5-18(6-8-19)17-32-11-13-34-14-12-32/h1-8,20-21,23,25-26,30-31H,9-17H2,(H,29,33)/t20?,21?,23?,25?,26?,28-/m0/s1. The molecule has 178 valence electrons. The van der Waals surface area contributed by atoms with Gasteiger partial charge in [0.25, 0.3) is 0 Å². The van der Waals surface area contributed by atoms with Gasteiger partial charge in [0.1, 0.15) is 0 Å². The van der Waals surface area contributed by atoms with Gasteiger partial charge in [-0.05, 0) is 66.2 Å². The molecule has 2 saturated carbocycles. The van der Waals surface area contributed by atoms with Crippen molar-refractivity contribution in [2.45, 2.75) is 49.7 Å². The Labute approximate surface area is 201 Å². The molecule has 6 heteroatoms. The number of nitrogens with zero attached hydrogens (tertiary/aromatic N) is 1. The Bertz CT molecular complexity index is 1080. The van der Waals surface area contributed by atoms with Crippen molar-refractivity contribution in [1.29, 1.82) is 0 Å². The summed E-state index contributed by atoms with van der Waals surface area (Å²) in [4.78, 5) is 15.4. The minimum absolute atomic E-state index is 0.230. The van der Waals surface area contributed by atoms with E-state index in [1.54, 1.807) is 0 Å². The largest absolute Gasteiger partial charge is 0.379 e. The van der Waals surface area contributed by atoms with Crippen LogP contribution in [0.5, 0.6) is 0 Å². The lowest BCUT2D eigenvalue weighted by Crippen LogP contribution is -2.37. The summed E-state index contributed by atoms with van der Waals surface area (Å²) < 4.78 is 5.47. The van der Waals surface area contributed by atoms with E-state index in [1.807, 2.05) is 12.1 Å². The van der Waals surface area contributed by atoms with Gasteiger partial charge in [-0.3, -0.25) is 15.1 Å². The maximum atomic E-state index is 12.9. The zero-order valence-corrected chi connectivity index (χ0v) is 19.6. The van der Waals surface area contributed by atoms with Gasteiger partial charge in [0.15, 0.2) is 0 Å². The Kier molecular flexibility index (Phi) is 5.06. The summed E-state index contributed by atoms with van der Waals surface area (Å²) in [6.45, 7) is 4.75. The lowest BCUT2D eigenvalue weighted by atomic mass is 9.72. The molecule has 2 aromatic rings. The minimum atomic E-state index is -0.254. The van der Waals surface area contributed by atoms with E-state index in [-0.39, 0.29) is 11.3 Å². The molecule has 4 fully saturated rings. The fraction of sp³-hybridized carbons (Fsp3) is 0.536. The lowest BCUT2D eigenvalue weighted by molar-refractivity contribution is -0.118. The summed E-state index contributed by atoms with van der Waals surface area (Å²) in [5, 5.41) is 3.15. The average molecular weight is 459 g/mol. The zero-order valence-electron chi connectivity index (χ0n) is 19.6. The molecule has 0 aromatic heterocycles. The molecule has 2 saturated heterocycles. The van der Waals surface area contributed by atoms with E-state index in [0.717, 1.165) is 51.4 Å². The molecule has 1 spiro atoms. The molecule has 34 heavy (non-hydrogen) atoms. The molecular weight excluding hydrogens is 424 g/mol. The monoisotopic (exact) mass is 458 g/mol. The molecule has 3 N–H and O–H groups in total. The van der Waals surface area contributed by atoms with Crippen LogP contribution in [0.15, 0.2) is 48.5 Å². The van der Waals surface area contributed by atoms with Gasteiger partial charge in [-0.15, -0.1) is 0 Å². The van der Waals surface area contributed by atoms with Crippen LogP contribution in [0.3, 0.4) is 0 Å². The smallest absolute Gasteiger partial charge is 0.235 e. The second-order valence-electron chi connectivity index (χ2n) is 11.0. The number of carbonyl (C=O) groups is 1. The number of ether oxygens (including phenoxy) is 1. The predicted molar refractivity (Wildman–Crippen MR) is 131 cm³/mol. The Morgan fingerprint density at radius 2 is 1.82 bits per heavy atom. The van der Waals surface area contributed by atoms with Crippen molar-refractivity contribution in [2.75, 3.05) is 31.6 Å². The Morgan fingerprint density at radius 1 is 1.00 bits per heavy atom. The number of anilines is 1. The number of carbonyl (C=O) groups excluding carboxylic acids is 1. The first-order valence-electron chi connectivity index (χ1n) is 13.0. The van der Waals surface area contributed by atoms with Gasteiger partial charge < -0.3 is 10.1 Å². The number of fused-ring (bicyclic) bond motifs is 3. The second kappa shape index (κ2) is 8.16. The van der Waals surface area contributed by atoms with Crippen LogP contribution in [0.1, 0.15) is 48.4 Å². The van der Waals surface area contributed by atoms with Crippen molar-refractivity contribution < 1.29 is 9.53 Å². The van der Waals surface area contributed by atoms with Crippen LogP contribution in [-0.2, 0) is 21.5 Å². The SMILES string of the molecule is O=C1Nc2ccccc2[C@]12CC2C1CCC2C(C1)NNC2c1ccc(CN2CCOCC2)cc1. The van der Waals surface area contributed by atoms with Crippen LogP contribution >= 0.6 is 0 Å². The highest BCUT2D eigenvalue weighted by Crippen LogP contribution is 2.65. The molecule has 6 atom stereocenters. The predicted octanol–water partition coefficient (Wildman–Crippen LogP) is 3.36. The van der Waals surface area contributed by atoms with Crippen LogP contribution in [0.4, 0.5) is 5.69 Å².